The standard InChI is InChI=1S/C50H60N6O5Si/c1-33(2)12-11-13-34(3)26-29-56-45-25-20-39(52-48(58)37-16-18-38(51)19-17-37)30-43(45)50(49(56)59)35(4)47(62(6,7)41-23-21-40(60-5)22-24-41)46(61-50)27-28-55-31-44(53-54-55)42(32-57)36-14-9-8-10-15-36/h8-10,12,14-26,30-31,35,42,46-47,57H,11,13,27-29,32,51H2,1-7H3,(H,52,58)/b34-26+/t35-,42?,46+,47-,50+/m0/s1. The summed E-state index contributed by atoms with van der Waals surface area (Å²) in [4.78, 5) is 30.9. The van der Waals surface area contributed by atoms with E-state index in [1.807, 2.05) is 76.4 Å². The molecule has 1 spiro atoms. The number of amides is 2. The first-order valence-electron chi connectivity index (χ1n) is 21.6. The number of hydrogen-bond donors (Lipinski definition) is 3. The fourth-order valence-corrected chi connectivity index (χ4v) is 13.6. The lowest BCUT2D eigenvalue weighted by atomic mass is 9.82. The van der Waals surface area contributed by atoms with Crippen LogP contribution in [-0.4, -0.2) is 66.4 Å². The fourth-order valence-electron chi connectivity index (χ4n) is 9.51. The van der Waals surface area contributed by atoms with E-state index in [1.54, 1.807) is 31.4 Å². The van der Waals surface area contributed by atoms with Crippen molar-refractivity contribution in [1.29, 1.82) is 0 Å². The molecule has 5 aromatic rings. The van der Waals surface area contributed by atoms with E-state index >= 15 is 4.79 Å². The molecule has 4 aromatic carbocycles. The van der Waals surface area contributed by atoms with Crippen molar-refractivity contribution in [3.8, 4) is 5.75 Å². The van der Waals surface area contributed by atoms with E-state index in [-0.39, 0.29) is 41.9 Å². The number of fused-ring (bicyclic) bond motifs is 2. The third kappa shape index (κ3) is 8.90. The number of ether oxygens (including phenoxy) is 2. The van der Waals surface area contributed by atoms with E-state index < -0.39 is 13.7 Å². The van der Waals surface area contributed by atoms with E-state index in [1.165, 1.54) is 16.3 Å². The number of aromatic nitrogens is 3. The van der Waals surface area contributed by atoms with Crippen LogP contribution in [0.15, 0.2) is 127 Å². The summed E-state index contributed by atoms with van der Waals surface area (Å²) in [6.45, 7) is 14.0. The summed E-state index contributed by atoms with van der Waals surface area (Å²) in [6, 6.07) is 30.7. The molecule has 2 aliphatic rings. The molecule has 5 atom stereocenters. The minimum atomic E-state index is -2.45. The first-order valence-corrected chi connectivity index (χ1v) is 24.6. The van der Waals surface area contributed by atoms with Gasteiger partial charge in [0.25, 0.3) is 11.8 Å². The average molecular weight is 853 g/mol. The predicted molar refractivity (Wildman–Crippen MR) is 250 cm³/mol. The number of aryl methyl sites for hydroxylation is 1. The van der Waals surface area contributed by atoms with Crippen molar-refractivity contribution in [3.05, 3.63) is 149 Å². The second-order valence-electron chi connectivity index (χ2n) is 17.6. The van der Waals surface area contributed by atoms with Gasteiger partial charge >= 0.3 is 0 Å². The predicted octanol–water partition coefficient (Wildman–Crippen LogP) is 8.59. The molecule has 324 valence electrons. The van der Waals surface area contributed by atoms with Gasteiger partial charge in [-0.15, -0.1) is 5.10 Å². The van der Waals surface area contributed by atoms with Crippen LogP contribution in [-0.2, 0) is 21.7 Å². The van der Waals surface area contributed by atoms with Crippen molar-refractivity contribution in [3.63, 3.8) is 0 Å². The average Bonchev–Trinajstić information content (AvgIpc) is 3.92. The van der Waals surface area contributed by atoms with Gasteiger partial charge in [0.05, 0.1) is 45.2 Å². The Labute approximate surface area is 366 Å². The molecule has 2 aliphatic heterocycles. The number of nitrogens with one attached hydrogen (secondary N) is 1. The van der Waals surface area contributed by atoms with Crippen LogP contribution in [0.1, 0.15) is 80.1 Å². The van der Waals surface area contributed by atoms with Gasteiger partial charge in [-0.1, -0.05) is 96.2 Å². The zero-order chi connectivity index (χ0) is 44.2. The number of aliphatic hydroxyl groups excluding tert-OH is 1. The minimum Gasteiger partial charge on any atom is -0.497 e. The number of aliphatic hydroxyl groups is 1. The van der Waals surface area contributed by atoms with Gasteiger partial charge in [-0.3, -0.25) is 14.3 Å². The fraction of sp³-hybridized carbons (Fsp3) is 0.360. The van der Waals surface area contributed by atoms with Gasteiger partial charge in [0, 0.05) is 47.7 Å². The summed E-state index contributed by atoms with van der Waals surface area (Å²) in [7, 11) is -0.781. The zero-order valence-corrected chi connectivity index (χ0v) is 38.0. The maximum atomic E-state index is 15.5. The quantitative estimate of drug-likeness (QED) is 0.0509. The highest BCUT2D eigenvalue weighted by atomic mass is 28.3. The molecule has 1 aromatic heterocycles. The van der Waals surface area contributed by atoms with Crippen LogP contribution < -0.4 is 25.9 Å². The maximum Gasteiger partial charge on any atom is 0.264 e. The number of hydrogen-bond acceptors (Lipinski definition) is 8. The highest BCUT2D eigenvalue weighted by Crippen LogP contribution is 2.60. The summed E-state index contributed by atoms with van der Waals surface area (Å²) in [5.74, 6) is -0.139. The molecule has 4 N–H and O–H groups in total. The van der Waals surface area contributed by atoms with Crippen molar-refractivity contribution in [2.75, 3.05) is 36.2 Å². The molecule has 62 heavy (non-hydrogen) atoms. The van der Waals surface area contributed by atoms with E-state index in [9.17, 15) is 9.90 Å². The van der Waals surface area contributed by atoms with Crippen molar-refractivity contribution in [2.24, 2.45) is 5.92 Å². The minimum absolute atomic E-state index is 0.0143. The Balaban J connectivity index is 1.27. The molecule has 2 amide bonds. The van der Waals surface area contributed by atoms with Crippen molar-refractivity contribution in [2.45, 2.75) is 89.8 Å². The van der Waals surface area contributed by atoms with Gasteiger partial charge in [-0.05, 0) is 106 Å². The highest BCUT2D eigenvalue weighted by Gasteiger charge is 2.66. The van der Waals surface area contributed by atoms with Crippen LogP contribution >= 0.6 is 0 Å². The lowest BCUT2D eigenvalue weighted by molar-refractivity contribution is -0.145. The van der Waals surface area contributed by atoms with E-state index in [0.29, 0.717) is 42.1 Å². The molecule has 3 heterocycles. The van der Waals surface area contributed by atoms with Gasteiger partial charge in [0.15, 0.2) is 5.60 Å². The van der Waals surface area contributed by atoms with Crippen molar-refractivity contribution < 1.29 is 24.2 Å². The van der Waals surface area contributed by atoms with Gasteiger partial charge in [0.1, 0.15) is 5.75 Å². The smallest absolute Gasteiger partial charge is 0.264 e. The molecule has 1 fully saturated rings. The topological polar surface area (TPSA) is 145 Å². The number of nitrogens with two attached hydrogens (primary N) is 1. The summed E-state index contributed by atoms with van der Waals surface area (Å²) in [5, 5.41) is 23.7. The Kier molecular flexibility index (Phi) is 13.3. The number of carbonyl (C=O) groups is 2. The molecule has 0 radical (unpaired) electrons. The van der Waals surface area contributed by atoms with Crippen molar-refractivity contribution in [1.82, 2.24) is 15.0 Å². The summed E-state index contributed by atoms with van der Waals surface area (Å²) in [6.07, 6.45) is 8.36. The second kappa shape index (κ2) is 18.7. The van der Waals surface area contributed by atoms with Crippen molar-refractivity contribution >= 4 is 42.1 Å². The monoisotopic (exact) mass is 852 g/mol. The molecule has 0 bridgehead atoms. The third-order valence-corrected chi connectivity index (χ3v) is 17.3. The first-order chi connectivity index (χ1) is 29.8. The lowest BCUT2D eigenvalue weighted by Gasteiger charge is -2.37. The molecule has 12 heteroatoms. The number of rotatable bonds is 16. The Bertz CT molecular complexity index is 2430. The molecular formula is C50H60N6O5Si. The van der Waals surface area contributed by atoms with Crippen LogP contribution in [0.3, 0.4) is 0 Å². The van der Waals surface area contributed by atoms with Gasteiger partial charge < -0.3 is 30.5 Å². The number of carbonyl (C=O) groups excluding carboxylic acids is 2. The third-order valence-electron chi connectivity index (χ3n) is 12.9. The van der Waals surface area contributed by atoms with Crippen LogP contribution in [0.2, 0.25) is 18.6 Å². The summed E-state index contributed by atoms with van der Waals surface area (Å²) < 4.78 is 14.8. The number of allylic oxidation sites excluding steroid dienone is 3. The Morgan fingerprint density at radius 2 is 1.74 bits per heavy atom. The number of anilines is 3. The second-order valence-corrected chi connectivity index (χ2v) is 22.3. The van der Waals surface area contributed by atoms with Gasteiger partial charge in [-0.25, -0.2) is 0 Å². The van der Waals surface area contributed by atoms with Crippen LogP contribution in [0.5, 0.6) is 5.75 Å². The summed E-state index contributed by atoms with van der Waals surface area (Å²) in [5.41, 5.74) is 11.9. The van der Waals surface area contributed by atoms with Crippen LogP contribution in [0.25, 0.3) is 0 Å². The molecule has 1 unspecified atom stereocenters. The van der Waals surface area contributed by atoms with Crippen LogP contribution in [0.4, 0.5) is 17.1 Å². The zero-order valence-electron chi connectivity index (χ0n) is 37.0. The largest absolute Gasteiger partial charge is 0.497 e. The van der Waals surface area contributed by atoms with Gasteiger partial charge in [-0.2, -0.15) is 0 Å². The van der Waals surface area contributed by atoms with Gasteiger partial charge in [0.2, 0.25) is 0 Å². The maximum absolute atomic E-state index is 15.5. The summed E-state index contributed by atoms with van der Waals surface area (Å²) >= 11 is 0. The number of methoxy groups -OCH3 is 1. The van der Waals surface area contributed by atoms with E-state index in [2.05, 4.69) is 80.7 Å². The SMILES string of the molecule is COc1ccc([Si](C)(C)[C@@H]2[C@@H](CCn3cc(C(CO)c4ccccc4)nn3)O[C@]3(C(=O)N(C/C=C(\C)CCC=C(C)C)c4ccc(NC(=O)c5ccc(N)cc5)cc43)[C@H]2C)cc1. The lowest BCUT2D eigenvalue weighted by Crippen LogP contribution is -2.52. The molecule has 11 nitrogen and oxygen atoms in total. The number of nitrogen functional groups attached to an aromatic ring is 1. The first kappa shape index (κ1) is 44.2. The highest BCUT2D eigenvalue weighted by molar-refractivity contribution is 6.91. The van der Waals surface area contributed by atoms with E-state index in [0.717, 1.165) is 35.4 Å². The number of nitrogens with zero attached hydrogens (tertiary/aromatic N) is 4. The molecule has 7 rings (SSSR count). The molecule has 0 saturated carbocycles. The molecule has 0 aliphatic carbocycles. The Hall–Kier alpha value is -5.82. The molecular weight excluding hydrogens is 793 g/mol. The Morgan fingerprint density at radius 3 is 2.42 bits per heavy atom. The van der Waals surface area contributed by atoms with Crippen LogP contribution in [0, 0.1) is 5.92 Å². The molecule has 1 saturated heterocycles. The normalized spacial score (nSPS) is 20.3. The van der Waals surface area contributed by atoms with E-state index in [4.69, 9.17) is 15.2 Å². The number of benzene rings is 4. The Morgan fingerprint density at radius 1 is 1.02 bits per heavy atom.